The molecule has 3 nitrogen and oxygen atoms in total. The summed E-state index contributed by atoms with van der Waals surface area (Å²) in [5.74, 6) is 0. The van der Waals surface area contributed by atoms with Crippen LogP contribution in [0.2, 0.25) is 0 Å². The van der Waals surface area contributed by atoms with Crippen molar-refractivity contribution in [3.63, 3.8) is 0 Å². The van der Waals surface area contributed by atoms with E-state index in [1.807, 2.05) is 37.3 Å². The van der Waals surface area contributed by atoms with Gasteiger partial charge in [0.05, 0.1) is 17.7 Å². The van der Waals surface area contributed by atoms with E-state index >= 15 is 0 Å². The predicted molar refractivity (Wildman–Crippen MR) is 82.8 cm³/mol. The first-order valence-corrected chi connectivity index (χ1v) is 7.35. The van der Waals surface area contributed by atoms with E-state index < -0.39 is 6.10 Å². The molecule has 0 radical (unpaired) electrons. The van der Waals surface area contributed by atoms with E-state index in [1.165, 1.54) is 0 Å². The maximum Gasteiger partial charge on any atom is 0.196 e. The minimum absolute atomic E-state index is 0.0461. The van der Waals surface area contributed by atoms with Crippen molar-refractivity contribution in [2.24, 2.45) is 0 Å². The number of nitrogens with zero attached hydrogens (tertiary/aromatic N) is 1. The van der Waals surface area contributed by atoms with Gasteiger partial charge in [0.15, 0.2) is 5.12 Å². The minimum atomic E-state index is -0.844. The number of rotatable bonds is 4. The molecule has 0 unspecified atom stereocenters. The number of thioether (sulfide) groups is 1. The van der Waals surface area contributed by atoms with Crippen LogP contribution in [-0.2, 0) is 4.79 Å². The Kier molecular flexibility index (Phi) is 5.15. The number of aryl methyl sites for hydroxylation is 1. The third-order valence-electron chi connectivity index (χ3n) is 3.04. The van der Waals surface area contributed by atoms with Crippen molar-refractivity contribution in [3.05, 3.63) is 65.2 Å². The fourth-order valence-corrected chi connectivity index (χ4v) is 2.61. The Labute approximate surface area is 128 Å². The van der Waals surface area contributed by atoms with Crippen LogP contribution in [0.5, 0.6) is 0 Å². The van der Waals surface area contributed by atoms with Crippen molar-refractivity contribution < 1.29 is 9.90 Å². The average molecular weight is 297 g/mol. The SMILES string of the molecule is Cc1ccc(SC(=O)C[C@@H](O)c2ccc(C#N)cc2)cc1. The summed E-state index contributed by atoms with van der Waals surface area (Å²) in [7, 11) is 0. The molecule has 0 spiro atoms. The molecule has 1 N–H and O–H groups in total. The zero-order valence-electron chi connectivity index (χ0n) is 11.6. The zero-order chi connectivity index (χ0) is 15.2. The molecular weight excluding hydrogens is 282 g/mol. The van der Waals surface area contributed by atoms with Crippen LogP contribution in [0.3, 0.4) is 0 Å². The third kappa shape index (κ3) is 4.45. The second kappa shape index (κ2) is 7.07. The number of aliphatic hydroxyl groups is 1. The number of hydrogen-bond acceptors (Lipinski definition) is 4. The number of nitriles is 1. The van der Waals surface area contributed by atoms with E-state index in [4.69, 9.17) is 5.26 Å². The molecule has 0 aliphatic carbocycles. The fraction of sp³-hybridized carbons (Fsp3) is 0.176. The second-order valence-electron chi connectivity index (χ2n) is 4.74. The predicted octanol–water partition coefficient (Wildman–Crippen LogP) is 3.61. The smallest absolute Gasteiger partial charge is 0.196 e. The van der Waals surface area contributed by atoms with Crippen molar-refractivity contribution in [3.8, 4) is 6.07 Å². The molecule has 0 aromatic heterocycles. The van der Waals surface area contributed by atoms with Crippen molar-refractivity contribution in [1.82, 2.24) is 0 Å². The van der Waals surface area contributed by atoms with Gasteiger partial charge in [-0.2, -0.15) is 5.26 Å². The Balaban J connectivity index is 1.95. The molecule has 2 aromatic carbocycles. The maximum atomic E-state index is 12.0. The van der Waals surface area contributed by atoms with Gasteiger partial charge >= 0.3 is 0 Å². The van der Waals surface area contributed by atoms with E-state index in [9.17, 15) is 9.90 Å². The van der Waals surface area contributed by atoms with Crippen LogP contribution in [0.4, 0.5) is 0 Å². The molecule has 2 rings (SSSR count). The van der Waals surface area contributed by atoms with E-state index in [0.717, 1.165) is 22.2 Å². The number of carbonyl (C=O) groups excluding carboxylic acids is 1. The summed E-state index contributed by atoms with van der Waals surface area (Å²) in [6, 6.07) is 16.3. The summed E-state index contributed by atoms with van der Waals surface area (Å²) in [5.41, 5.74) is 2.32. The van der Waals surface area contributed by atoms with Gasteiger partial charge in [0.25, 0.3) is 0 Å². The molecule has 0 saturated heterocycles. The topological polar surface area (TPSA) is 61.1 Å². The largest absolute Gasteiger partial charge is 0.388 e. The third-order valence-corrected chi connectivity index (χ3v) is 3.94. The van der Waals surface area contributed by atoms with E-state index in [0.29, 0.717) is 11.1 Å². The number of benzene rings is 2. The van der Waals surface area contributed by atoms with Gasteiger partial charge in [0.2, 0.25) is 0 Å². The van der Waals surface area contributed by atoms with Gasteiger partial charge in [0, 0.05) is 11.3 Å². The van der Waals surface area contributed by atoms with Crippen LogP contribution >= 0.6 is 11.8 Å². The molecule has 0 fully saturated rings. The van der Waals surface area contributed by atoms with Crippen LogP contribution in [-0.4, -0.2) is 10.2 Å². The summed E-state index contributed by atoms with van der Waals surface area (Å²) in [4.78, 5) is 12.8. The highest BCUT2D eigenvalue weighted by Gasteiger charge is 2.14. The van der Waals surface area contributed by atoms with Crippen LogP contribution < -0.4 is 0 Å². The monoisotopic (exact) mass is 297 g/mol. The molecule has 4 heteroatoms. The summed E-state index contributed by atoms with van der Waals surface area (Å²) in [6.07, 6.45) is -0.798. The van der Waals surface area contributed by atoms with Crippen molar-refractivity contribution in [2.45, 2.75) is 24.3 Å². The Morgan fingerprint density at radius 3 is 2.38 bits per heavy atom. The standard InChI is InChI=1S/C17H15NO2S/c1-12-2-8-15(9-3-12)21-17(20)10-16(19)14-6-4-13(11-18)5-7-14/h2-9,16,19H,10H2,1H3/t16-/m1/s1. The summed E-state index contributed by atoms with van der Waals surface area (Å²) < 4.78 is 0. The number of hydrogen-bond donors (Lipinski definition) is 1. The van der Waals surface area contributed by atoms with Crippen LogP contribution in [0, 0.1) is 18.3 Å². The highest BCUT2D eigenvalue weighted by Crippen LogP contribution is 2.25. The lowest BCUT2D eigenvalue weighted by Crippen LogP contribution is -2.03. The van der Waals surface area contributed by atoms with Crippen LogP contribution in [0.25, 0.3) is 0 Å². The normalized spacial score (nSPS) is 11.7. The number of carbonyl (C=O) groups is 1. The molecule has 0 bridgehead atoms. The first-order chi connectivity index (χ1) is 10.1. The van der Waals surface area contributed by atoms with Crippen LogP contribution in [0.1, 0.15) is 29.2 Å². The molecular formula is C17H15NO2S. The Bertz CT molecular complexity index is 657. The maximum absolute atomic E-state index is 12.0. The fourth-order valence-electron chi connectivity index (χ4n) is 1.83. The van der Waals surface area contributed by atoms with Gasteiger partial charge in [-0.3, -0.25) is 4.79 Å². The highest BCUT2D eigenvalue weighted by atomic mass is 32.2. The van der Waals surface area contributed by atoms with Gasteiger partial charge in [0.1, 0.15) is 0 Å². The molecule has 106 valence electrons. The lowest BCUT2D eigenvalue weighted by Gasteiger charge is -2.10. The Morgan fingerprint density at radius 2 is 1.81 bits per heavy atom. The Morgan fingerprint density at radius 1 is 1.19 bits per heavy atom. The summed E-state index contributed by atoms with van der Waals surface area (Å²) >= 11 is 1.13. The molecule has 21 heavy (non-hydrogen) atoms. The van der Waals surface area contributed by atoms with Gasteiger partial charge in [-0.25, -0.2) is 0 Å². The quantitative estimate of drug-likeness (QED) is 0.876. The number of aliphatic hydroxyl groups excluding tert-OH is 1. The summed E-state index contributed by atoms with van der Waals surface area (Å²) in [5, 5.41) is 18.7. The summed E-state index contributed by atoms with van der Waals surface area (Å²) in [6.45, 7) is 1.99. The molecule has 0 aliphatic rings. The average Bonchev–Trinajstić information content (AvgIpc) is 2.49. The first kappa shape index (κ1) is 15.3. The highest BCUT2D eigenvalue weighted by molar-refractivity contribution is 8.13. The second-order valence-corrected chi connectivity index (χ2v) is 5.87. The van der Waals surface area contributed by atoms with Gasteiger partial charge in [-0.05, 0) is 36.8 Å². The molecule has 1 atom stereocenters. The molecule has 0 saturated carbocycles. The van der Waals surface area contributed by atoms with Crippen molar-refractivity contribution in [2.75, 3.05) is 0 Å². The lowest BCUT2D eigenvalue weighted by molar-refractivity contribution is -0.112. The molecule has 0 heterocycles. The zero-order valence-corrected chi connectivity index (χ0v) is 12.4. The Hall–Kier alpha value is -2.09. The molecule has 0 aliphatic heterocycles. The van der Waals surface area contributed by atoms with Gasteiger partial charge in [-0.15, -0.1) is 0 Å². The molecule has 0 amide bonds. The van der Waals surface area contributed by atoms with E-state index in [2.05, 4.69) is 0 Å². The van der Waals surface area contributed by atoms with E-state index in [1.54, 1.807) is 24.3 Å². The van der Waals surface area contributed by atoms with Crippen molar-refractivity contribution >= 4 is 16.9 Å². The van der Waals surface area contributed by atoms with Gasteiger partial charge < -0.3 is 5.11 Å². The minimum Gasteiger partial charge on any atom is -0.388 e. The first-order valence-electron chi connectivity index (χ1n) is 6.54. The van der Waals surface area contributed by atoms with Gasteiger partial charge in [-0.1, -0.05) is 41.6 Å². The van der Waals surface area contributed by atoms with Crippen molar-refractivity contribution in [1.29, 1.82) is 5.26 Å². The molecule has 2 aromatic rings. The lowest BCUT2D eigenvalue weighted by atomic mass is 10.1. The van der Waals surface area contributed by atoms with E-state index in [-0.39, 0.29) is 11.5 Å². The van der Waals surface area contributed by atoms with Crippen LogP contribution in [0.15, 0.2) is 53.4 Å².